The molecule has 2 unspecified atom stereocenters. The Hall–Kier alpha value is -1.10. The van der Waals surface area contributed by atoms with Gasteiger partial charge in [-0.1, -0.05) is 0 Å². The van der Waals surface area contributed by atoms with Gasteiger partial charge in [-0.05, 0) is 6.42 Å². The van der Waals surface area contributed by atoms with Crippen LogP contribution in [0.4, 0.5) is 0 Å². The van der Waals surface area contributed by atoms with Crippen LogP contribution in [0.5, 0.6) is 0 Å². The Morgan fingerprint density at radius 3 is 2.92 bits per heavy atom. The summed E-state index contributed by atoms with van der Waals surface area (Å²) < 4.78 is 4.52. The van der Waals surface area contributed by atoms with E-state index in [2.05, 4.69) is 4.74 Å². The number of esters is 1. The fourth-order valence-electron chi connectivity index (χ4n) is 1.46. The van der Waals surface area contributed by atoms with E-state index in [1.807, 2.05) is 0 Å². The zero-order valence-corrected chi connectivity index (χ0v) is 7.47. The number of hydrogen-bond donors (Lipinski definition) is 1. The molecule has 1 aliphatic rings. The van der Waals surface area contributed by atoms with Crippen LogP contribution in [0.3, 0.4) is 0 Å². The first-order valence-electron chi connectivity index (χ1n) is 4.16. The summed E-state index contributed by atoms with van der Waals surface area (Å²) in [7, 11) is 1.27. The average molecular weight is 187 g/mol. The first kappa shape index (κ1) is 9.98. The first-order valence-corrected chi connectivity index (χ1v) is 4.16. The Labute approximate surface area is 76.3 Å². The van der Waals surface area contributed by atoms with Gasteiger partial charge in [-0.25, -0.2) is 4.79 Å². The van der Waals surface area contributed by atoms with Crippen molar-refractivity contribution in [1.29, 1.82) is 0 Å². The van der Waals surface area contributed by atoms with Crippen LogP contribution in [0.1, 0.15) is 12.8 Å². The number of carbonyl (C=O) groups excluding carboxylic acids is 2. The molecule has 74 valence electrons. The van der Waals surface area contributed by atoms with Crippen LogP contribution in [0.2, 0.25) is 0 Å². The molecule has 0 bridgehead atoms. The average Bonchev–Trinajstić information content (AvgIpc) is 2.16. The summed E-state index contributed by atoms with van der Waals surface area (Å²) >= 11 is 0. The monoisotopic (exact) mass is 187 g/mol. The van der Waals surface area contributed by atoms with E-state index in [-0.39, 0.29) is 6.42 Å². The Kier molecular flexibility index (Phi) is 3.25. The topological polar surface area (TPSA) is 66.8 Å². The highest BCUT2D eigenvalue weighted by molar-refractivity contribution is 5.78. The predicted molar refractivity (Wildman–Crippen MR) is 43.8 cm³/mol. The molecular weight excluding hydrogens is 174 g/mol. The van der Waals surface area contributed by atoms with Gasteiger partial charge in [0.25, 0.3) is 0 Å². The lowest BCUT2D eigenvalue weighted by Crippen LogP contribution is -2.48. The largest absolute Gasteiger partial charge is 0.467 e. The van der Waals surface area contributed by atoms with Gasteiger partial charge < -0.3 is 14.7 Å². The molecule has 0 aromatic rings. The number of hydrogen-bond acceptors (Lipinski definition) is 4. The van der Waals surface area contributed by atoms with Gasteiger partial charge >= 0.3 is 5.97 Å². The number of aliphatic hydroxyl groups is 1. The molecule has 1 rings (SSSR count). The molecule has 1 fully saturated rings. The van der Waals surface area contributed by atoms with Crippen LogP contribution < -0.4 is 0 Å². The van der Waals surface area contributed by atoms with Crippen LogP contribution in [0, 0.1) is 0 Å². The summed E-state index contributed by atoms with van der Waals surface area (Å²) in [5, 5.41) is 9.29. The van der Waals surface area contributed by atoms with Crippen LogP contribution in [-0.2, 0) is 14.3 Å². The number of amides is 1. The van der Waals surface area contributed by atoms with Crippen molar-refractivity contribution < 1.29 is 19.4 Å². The van der Waals surface area contributed by atoms with Crippen LogP contribution in [-0.4, -0.2) is 48.2 Å². The number of likely N-dealkylation sites (tertiary alicyclic amines) is 1. The molecule has 0 aromatic carbocycles. The van der Waals surface area contributed by atoms with Gasteiger partial charge in [0, 0.05) is 13.0 Å². The number of rotatable bonds is 2. The number of methoxy groups -OCH3 is 1. The molecule has 0 aromatic heterocycles. The second kappa shape index (κ2) is 4.23. The molecule has 1 aliphatic heterocycles. The van der Waals surface area contributed by atoms with Crippen molar-refractivity contribution in [3.63, 3.8) is 0 Å². The van der Waals surface area contributed by atoms with Crippen LogP contribution in [0.25, 0.3) is 0 Å². The van der Waals surface area contributed by atoms with Gasteiger partial charge in [0.2, 0.25) is 6.41 Å². The van der Waals surface area contributed by atoms with Gasteiger partial charge in [-0.2, -0.15) is 0 Å². The van der Waals surface area contributed by atoms with E-state index in [1.165, 1.54) is 12.0 Å². The molecule has 5 heteroatoms. The molecule has 1 amide bonds. The lowest BCUT2D eigenvalue weighted by atomic mass is 10.0. The van der Waals surface area contributed by atoms with Gasteiger partial charge in [-0.3, -0.25) is 4.79 Å². The highest BCUT2D eigenvalue weighted by Crippen LogP contribution is 2.16. The van der Waals surface area contributed by atoms with E-state index in [0.29, 0.717) is 19.4 Å². The molecular formula is C8H13NO4. The van der Waals surface area contributed by atoms with E-state index in [4.69, 9.17) is 0 Å². The van der Waals surface area contributed by atoms with Gasteiger partial charge in [0.15, 0.2) is 0 Å². The van der Waals surface area contributed by atoms with E-state index >= 15 is 0 Å². The third-order valence-corrected chi connectivity index (χ3v) is 2.22. The Morgan fingerprint density at radius 2 is 2.38 bits per heavy atom. The Morgan fingerprint density at radius 1 is 1.69 bits per heavy atom. The van der Waals surface area contributed by atoms with Crippen molar-refractivity contribution in [3.05, 3.63) is 0 Å². The summed E-state index contributed by atoms with van der Waals surface area (Å²) in [5.74, 6) is -0.467. The molecule has 1 saturated heterocycles. The lowest BCUT2D eigenvalue weighted by Gasteiger charge is -2.33. The maximum absolute atomic E-state index is 11.1. The Balaban J connectivity index is 2.64. The van der Waals surface area contributed by atoms with Crippen molar-refractivity contribution in [1.82, 2.24) is 4.90 Å². The zero-order valence-electron chi connectivity index (χ0n) is 7.47. The predicted octanol–water partition coefficient (Wildman–Crippen LogP) is -0.859. The van der Waals surface area contributed by atoms with Crippen molar-refractivity contribution in [2.45, 2.75) is 25.0 Å². The summed E-state index contributed by atoms with van der Waals surface area (Å²) in [6, 6.07) is -0.619. The number of carbonyl (C=O) groups is 2. The maximum Gasteiger partial charge on any atom is 0.328 e. The minimum absolute atomic E-state index is 0.269. The Bertz CT molecular complexity index is 206. The van der Waals surface area contributed by atoms with Gasteiger partial charge in [0.05, 0.1) is 13.2 Å². The standard InChI is InChI=1S/C8H13NO4/c1-13-8(12)7-4-6(11)2-3-9(7)5-10/h5-7,11H,2-4H2,1H3. The van der Waals surface area contributed by atoms with Crippen molar-refractivity contribution in [2.24, 2.45) is 0 Å². The second-order valence-corrected chi connectivity index (χ2v) is 3.06. The maximum atomic E-state index is 11.1. The number of aliphatic hydroxyl groups excluding tert-OH is 1. The summed E-state index contributed by atoms with van der Waals surface area (Å²) in [6.07, 6.45) is 0.894. The van der Waals surface area contributed by atoms with E-state index in [0.717, 1.165) is 0 Å². The van der Waals surface area contributed by atoms with Crippen LogP contribution >= 0.6 is 0 Å². The van der Waals surface area contributed by atoms with E-state index in [9.17, 15) is 14.7 Å². The molecule has 0 spiro atoms. The fourth-order valence-corrected chi connectivity index (χ4v) is 1.46. The molecule has 0 saturated carbocycles. The smallest absolute Gasteiger partial charge is 0.328 e. The molecule has 5 nitrogen and oxygen atoms in total. The number of piperidine rings is 1. The fraction of sp³-hybridized carbons (Fsp3) is 0.750. The summed E-state index contributed by atoms with van der Waals surface area (Å²) in [4.78, 5) is 23.0. The first-order chi connectivity index (χ1) is 6.19. The quantitative estimate of drug-likeness (QED) is 0.451. The third-order valence-electron chi connectivity index (χ3n) is 2.22. The molecule has 0 aliphatic carbocycles. The minimum atomic E-state index is -0.619. The minimum Gasteiger partial charge on any atom is -0.467 e. The van der Waals surface area contributed by atoms with E-state index < -0.39 is 18.1 Å². The van der Waals surface area contributed by atoms with Crippen molar-refractivity contribution in [2.75, 3.05) is 13.7 Å². The third kappa shape index (κ3) is 2.18. The lowest BCUT2D eigenvalue weighted by molar-refractivity contribution is -0.153. The summed E-state index contributed by atoms with van der Waals surface area (Å²) in [6.45, 7) is 0.407. The SMILES string of the molecule is COC(=O)C1CC(O)CCN1C=O. The van der Waals surface area contributed by atoms with Gasteiger partial charge in [-0.15, -0.1) is 0 Å². The molecule has 1 N–H and O–H groups in total. The summed E-state index contributed by atoms with van der Waals surface area (Å²) in [5.41, 5.74) is 0. The van der Waals surface area contributed by atoms with E-state index in [1.54, 1.807) is 0 Å². The zero-order chi connectivity index (χ0) is 9.84. The van der Waals surface area contributed by atoms with Crippen molar-refractivity contribution in [3.8, 4) is 0 Å². The number of nitrogens with zero attached hydrogens (tertiary/aromatic N) is 1. The van der Waals surface area contributed by atoms with Crippen molar-refractivity contribution >= 4 is 12.4 Å². The highest BCUT2D eigenvalue weighted by atomic mass is 16.5. The van der Waals surface area contributed by atoms with Gasteiger partial charge in [0.1, 0.15) is 6.04 Å². The molecule has 2 atom stereocenters. The number of ether oxygens (including phenoxy) is 1. The molecule has 1 heterocycles. The normalized spacial score (nSPS) is 28.3. The van der Waals surface area contributed by atoms with Crippen LogP contribution in [0.15, 0.2) is 0 Å². The molecule has 13 heavy (non-hydrogen) atoms. The second-order valence-electron chi connectivity index (χ2n) is 3.06. The highest BCUT2D eigenvalue weighted by Gasteiger charge is 2.32. The molecule has 0 radical (unpaired) electrons.